The Balaban J connectivity index is 2.01. The summed E-state index contributed by atoms with van der Waals surface area (Å²) in [5, 5.41) is 10.9. The molecule has 0 aliphatic rings. The molecule has 5 heteroatoms. The van der Waals surface area contributed by atoms with Gasteiger partial charge in [0.1, 0.15) is 6.61 Å². The highest BCUT2D eigenvalue weighted by atomic mass is 16.5. The Morgan fingerprint density at radius 1 is 1.14 bits per heavy atom. The summed E-state index contributed by atoms with van der Waals surface area (Å²) in [6.07, 6.45) is 0. The average molecular weight is 298 g/mol. The van der Waals surface area contributed by atoms with E-state index in [2.05, 4.69) is 0 Å². The molecular weight excluding hydrogens is 284 g/mol. The van der Waals surface area contributed by atoms with Gasteiger partial charge in [0, 0.05) is 11.5 Å². The predicted molar refractivity (Wildman–Crippen MR) is 81.5 cm³/mol. The molecule has 0 saturated heterocycles. The van der Waals surface area contributed by atoms with Crippen molar-refractivity contribution in [3.63, 3.8) is 0 Å². The van der Waals surface area contributed by atoms with Crippen molar-refractivity contribution >= 4 is 11.0 Å². The fraction of sp³-hybridized carbons (Fsp3) is 0.118. The molecule has 0 saturated carbocycles. The van der Waals surface area contributed by atoms with E-state index in [0.717, 1.165) is 5.56 Å². The van der Waals surface area contributed by atoms with E-state index in [0.29, 0.717) is 12.0 Å². The Hall–Kier alpha value is -2.95. The van der Waals surface area contributed by atoms with Crippen molar-refractivity contribution in [1.29, 1.82) is 0 Å². The first kappa shape index (κ1) is 14.0. The van der Waals surface area contributed by atoms with E-state index in [1.165, 1.54) is 13.2 Å². The highest BCUT2D eigenvalue weighted by Gasteiger charge is 2.17. The Morgan fingerprint density at radius 3 is 2.64 bits per heavy atom. The number of aromatic hydroxyl groups is 1. The topological polar surface area (TPSA) is 68.9 Å². The first-order valence-electron chi connectivity index (χ1n) is 6.69. The highest BCUT2D eigenvalue weighted by molar-refractivity contribution is 5.87. The van der Waals surface area contributed by atoms with E-state index in [1.807, 2.05) is 30.3 Å². The maximum Gasteiger partial charge on any atom is 0.336 e. The summed E-state index contributed by atoms with van der Waals surface area (Å²) >= 11 is 0. The Labute approximate surface area is 126 Å². The number of phenols is 1. The van der Waals surface area contributed by atoms with Crippen LogP contribution in [0.5, 0.6) is 17.2 Å². The largest absolute Gasteiger partial charge is 0.502 e. The van der Waals surface area contributed by atoms with Crippen molar-refractivity contribution in [1.82, 2.24) is 0 Å². The van der Waals surface area contributed by atoms with Gasteiger partial charge in [-0.05, 0) is 17.7 Å². The maximum atomic E-state index is 11.3. The number of hydrogen-bond donors (Lipinski definition) is 1. The third kappa shape index (κ3) is 2.61. The van der Waals surface area contributed by atoms with Gasteiger partial charge in [-0.25, -0.2) is 4.79 Å². The summed E-state index contributed by atoms with van der Waals surface area (Å²) in [5.74, 6) is 0.153. The van der Waals surface area contributed by atoms with Crippen molar-refractivity contribution in [2.24, 2.45) is 0 Å². The number of methoxy groups -OCH3 is 1. The quantitative estimate of drug-likeness (QED) is 0.750. The number of hydrogen-bond acceptors (Lipinski definition) is 5. The molecule has 112 valence electrons. The Kier molecular flexibility index (Phi) is 3.70. The second kappa shape index (κ2) is 5.81. The molecule has 0 fully saturated rings. The minimum atomic E-state index is -0.511. The van der Waals surface area contributed by atoms with Crippen LogP contribution in [0.2, 0.25) is 0 Å². The van der Waals surface area contributed by atoms with Gasteiger partial charge in [-0.2, -0.15) is 0 Å². The number of fused-ring (bicyclic) bond motifs is 1. The first-order valence-corrected chi connectivity index (χ1v) is 6.69. The highest BCUT2D eigenvalue weighted by Crippen LogP contribution is 2.42. The lowest BCUT2D eigenvalue weighted by Crippen LogP contribution is -1.99. The zero-order valence-corrected chi connectivity index (χ0v) is 11.9. The second-order valence-electron chi connectivity index (χ2n) is 4.70. The lowest BCUT2D eigenvalue weighted by atomic mass is 10.2. The van der Waals surface area contributed by atoms with Gasteiger partial charge >= 0.3 is 5.63 Å². The molecule has 22 heavy (non-hydrogen) atoms. The summed E-state index contributed by atoms with van der Waals surface area (Å²) in [5.41, 5.74) is 0.656. The molecule has 1 aromatic heterocycles. The molecule has 0 atom stereocenters. The molecule has 2 aromatic carbocycles. The summed E-state index contributed by atoms with van der Waals surface area (Å²) in [7, 11) is 1.39. The van der Waals surface area contributed by atoms with Crippen LogP contribution in [0, 0.1) is 0 Å². The van der Waals surface area contributed by atoms with Crippen LogP contribution in [-0.4, -0.2) is 12.2 Å². The number of ether oxygens (including phenoxy) is 2. The molecular formula is C17H14O5. The molecule has 0 radical (unpaired) electrons. The van der Waals surface area contributed by atoms with Crippen LogP contribution < -0.4 is 15.1 Å². The van der Waals surface area contributed by atoms with E-state index in [4.69, 9.17) is 13.9 Å². The fourth-order valence-corrected chi connectivity index (χ4v) is 2.18. The molecule has 3 rings (SSSR count). The number of rotatable bonds is 4. The van der Waals surface area contributed by atoms with Crippen molar-refractivity contribution in [2.75, 3.05) is 7.11 Å². The molecule has 0 bridgehead atoms. The van der Waals surface area contributed by atoms with Gasteiger partial charge in [-0.3, -0.25) is 0 Å². The van der Waals surface area contributed by atoms with Crippen molar-refractivity contribution in [2.45, 2.75) is 6.61 Å². The van der Waals surface area contributed by atoms with Crippen LogP contribution in [0.15, 0.2) is 57.7 Å². The second-order valence-corrected chi connectivity index (χ2v) is 4.70. The van der Waals surface area contributed by atoms with E-state index < -0.39 is 5.63 Å². The van der Waals surface area contributed by atoms with Gasteiger partial charge in [0.2, 0.25) is 11.5 Å². The van der Waals surface area contributed by atoms with Crippen molar-refractivity contribution < 1.29 is 19.0 Å². The third-order valence-electron chi connectivity index (χ3n) is 3.25. The Morgan fingerprint density at radius 2 is 1.91 bits per heavy atom. The predicted octanol–water partition coefficient (Wildman–Crippen LogP) is 3.09. The third-order valence-corrected chi connectivity index (χ3v) is 3.25. The van der Waals surface area contributed by atoms with Gasteiger partial charge in [0.25, 0.3) is 0 Å². The zero-order valence-electron chi connectivity index (χ0n) is 11.9. The van der Waals surface area contributed by atoms with Gasteiger partial charge in [-0.15, -0.1) is 0 Å². The lowest BCUT2D eigenvalue weighted by molar-refractivity contribution is 0.281. The molecule has 0 aliphatic heterocycles. The van der Waals surface area contributed by atoms with Gasteiger partial charge < -0.3 is 19.0 Å². The summed E-state index contributed by atoms with van der Waals surface area (Å²) in [4.78, 5) is 11.3. The van der Waals surface area contributed by atoms with E-state index in [1.54, 1.807) is 12.1 Å². The van der Waals surface area contributed by atoms with E-state index in [-0.39, 0.29) is 22.8 Å². The molecule has 0 aliphatic carbocycles. The molecule has 0 amide bonds. The summed E-state index contributed by atoms with van der Waals surface area (Å²) in [6, 6.07) is 14.1. The molecule has 5 nitrogen and oxygen atoms in total. The zero-order chi connectivity index (χ0) is 15.5. The van der Waals surface area contributed by atoms with Gasteiger partial charge in [0.15, 0.2) is 11.3 Å². The number of phenolic OH excluding ortho intramolecular Hbond substituents is 1. The van der Waals surface area contributed by atoms with Crippen LogP contribution >= 0.6 is 0 Å². The van der Waals surface area contributed by atoms with Gasteiger partial charge in [-0.1, -0.05) is 30.3 Å². The molecule has 0 unspecified atom stereocenters. The molecule has 1 N–H and O–H groups in total. The smallest absolute Gasteiger partial charge is 0.336 e. The minimum Gasteiger partial charge on any atom is -0.502 e. The molecule has 3 aromatic rings. The number of benzene rings is 2. The van der Waals surface area contributed by atoms with Crippen LogP contribution in [0.25, 0.3) is 11.0 Å². The van der Waals surface area contributed by atoms with Crippen molar-refractivity contribution in [3.8, 4) is 17.2 Å². The lowest BCUT2D eigenvalue weighted by Gasteiger charge is -2.12. The average Bonchev–Trinajstić information content (AvgIpc) is 2.54. The molecule has 0 spiro atoms. The Bertz CT molecular complexity index is 852. The minimum absolute atomic E-state index is 0.0817. The fourth-order valence-electron chi connectivity index (χ4n) is 2.18. The van der Waals surface area contributed by atoms with Crippen molar-refractivity contribution in [3.05, 3.63) is 64.5 Å². The van der Waals surface area contributed by atoms with Gasteiger partial charge in [0.05, 0.1) is 7.11 Å². The van der Waals surface area contributed by atoms with Crippen LogP contribution in [0.4, 0.5) is 0 Å². The van der Waals surface area contributed by atoms with E-state index in [9.17, 15) is 9.90 Å². The molecule has 1 heterocycles. The summed E-state index contributed by atoms with van der Waals surface area (Å²) < 4.78 is 15.9. The SMILES string of the molecule is COc1c(O)c(OCc2ccccc2)cc2ccc(=O)oc12. The van der Waals surface area contributed by atoms with Crippen LogP contribution in [-0.2, 0) is 6.61 Å². The van der Waals surface area contributed by atoms with Crippen LogP contribution in [0.1, 0.15) is 5.56 Å². The first-order chi connectivity index (χ1) is 10.7. The maximum absolute atomic E-state index is 11.3. The summed E-state index contributed by atoms with van der Waals surface area (Å²) in [6.45, 7) is 0.305. The van der Waals surface area contributed by atoms with Crippen LogP contribution in [0.3, 0.4) is 0 Å². The monoisotopic (exact) mass is 298 g/mol. The van der Waals surface area contributed by atoms with E-state index >= 15 is 0 Å². The standard InChI is InChI=1S/C17H14O5/c1-20-17-15(19)13(21-10-11-5-3-2-4-6-11)9-12-7-8-14(18)22-16(12)17/h2-9,19H,10H2,1H3. The normalized spacial score (nSPS) is 10.6.